The predicted octanol–water partition coefficient (Wildman–Crippen LogP) is 4.82. The monoisotopic (exact) mass is 450 g/mol. The Bertz CT molecular complexity index is 706. The third-order valence-electron chi connectivity index (χ3n) is 11.3. The first kappa shape index (κ1) is 24.5. The molecule has 0 bridgehead atoms. The van der Waals surface area contributed by atoms with E-state index in [0.717, 1.165) is 37.5 Å². The Balaban J connectivity index is 1.44. The van der Waals surface area contributed by atoms with Gasteiger partial charge in [0.1, 0.15) is 6.10 Å². The van der Waals surface area contributed by atoms with Crippen molar-refractivity contribution in [1.82, 2.24) is 0 Å². The second kappa shape index (κ2) is 8.53. The fourth-order valence-corrected chi connectivity index (χ4v) is 9.31. The molecule has 4 aliphatic carbocycles. The fraction of sp³-hybridized carbons (Fsp3) is 0.963. The number of aliphatic hydroxyl groups is 3. The quantitative estimate of drug-likeness (QED) is 0.435. The van der Waals surface area contributed by atoms with Crippen molar-refractivity contribution in [3.63, 3.8) is 0 Å². The molecule has 4 saturated carbocycles. The summed E-state index contributed by atoms with van der Waals surface area (Å²) in [6.07, 6.45) is 9.94. The molecule has 2 unspecified atom stereocenters. The molecule has 32 heavy (non-hydrogen) atoms. The Kier molecular flexibility index (Phi) is 6.53. The largest absolute Gasteiger partial charge is 0.481 e. The van der Waals surface area contributed by atoms with Crippen molar-refractivity contribution < 1.29 is 25.2 Å². The van der Waals surface area contributed by atoms with Gasteiger partial charge < -0.3 is 20.4 Å². The van der Waals surface area contributed by atoms with Gasteiger partial charge in [-0.2, -0.15) is 0 Å². The lowest BCUT2D eigenvalue weighted by molar-refractivity contribution is -0.284. The van der Waals surface area contributed by atoms with E-state index < -0.39 is 17.9 Å². The molecule has 5 heteroatoms. The minimum Gasteiger partial charge on any atom is -0.481 e. The molecule has 4 aliphatic rings. The van der Waals surface area contributed by atoms with E-state index in [2.05, 4.69) is 20.8 Å². The van der Waals surface area contributed by atoms with E-state index in [1.165, 1.54) is 32.1 Å². The zero-order valence-electron chi connectivity index (χ0n) is 20.6. The van der Waals surface area contributed by atoms with E-state index in [1.807, 2.05) is 6.92 Å². The van der Waals surface area contributed by atoms with Crippen LogP contribution in [0.25, 0.3) is 0 Å². The summed E-state index contributed by atoms with van der Waals surface area (Å²) < 4.78 is 0. The van der Waals surface area contributed by atoms with E-state index in [4.69, 9.17) is 5.11 Å². The Morgan fingerprint density at radius 1 is 0.938 bits per heavy atom. The maximum absolute atomic E-state index is 11.1. The molecule has 4 N–H and O–H groups in total. The molecule has 0 amide bonds. The number of rotatable bonds is 6. The molecule has 0 aromatic heterocycles. The number of carboxylic acid groups (broad SMARTS) is 1. The zero-order valence-corrected chi connectivity index (χ0v) is 20.6. The number of aliphatic hydroxyl groups excluding tert-OH is 1. The third kappa shape index (κ3) is 3.94. The molecule has 0 spiro atoms. The molecule has 184 valence electrons. The van der Waals surface area contributed by atoms with Crippen molar-refractivity contribution in [2.24, 2.45) is 52.3 Å². The lowest BCUT2D eigenvalue weighted by Gasteiger charge is -2.62. The molecular formula is C27H46O5. The van der Waals surface area contributed by atoms with Crippen LogP contribution in [0.5, 0.6) is 0 Å². The van der Waals surface area contributed by atoms with Crippen molar-refractivity contribution >= 4 is 5.97 Å². The molecule has 0 aliphatic heterocycles. The van der Waals surface area contributed by atoms with E-state index in [0.29, 0.717) is 41.9 Å². The van der Waals surface area contributed by atoms with Crippen LogP contribution < -0.4 is 0 Å². The topological polar surface area (TPSA) is 98.0 Å². The van der Waals surface area contributed by atoms with Gasteiger partial charge in [0.25, 0.3) is 0 Å². The van der Waals surface area contributed by atoms with E-state index in [9.17, 15) is 20.1 Å². The van der Waals surface area contributed by atoms with Gasteiger partial charge in [-0.15, -0.1) is 0 Å². The second-order valence-electron chi connectivity index (χ2n) is 12.8. The summed E-state index contributed by atoms with van der Waals surface area (Å²) in [6.45, 7) is 9.08. The smallest absolute Gasteiger partial charge is 0.306 e. The van der Waals surface area contributed by atoms with Gasteiger partial charge in [0.2, 0.25) is 0 Å². The first-order valence-electron chi connectivity index (χ1n) is 13.3. The van der Waals surface area contributed by atoms with Crippen LogP contribution in [0.2, 0.25) is 0 Å². The maximum atomic E-state index is 11.1. The molecule has 0 saturated heterocycles. The first-order chi connectivity index (χ1) is 14.9. The number of hydrogen-bond acceptors (Lipinski definition) is 4. The summed E-state index contributed by atoms with van der Waals surface area (Å²) in [7, 11) is 0. The van der Waals surface area contributed by atoms with Crippen LogP contribution >= 0.6 is 0 Å². The van der Waals surface area contributed by atoms with Gasteiger partial charge >= 0.3 is 5.97 Å². The van der Waals surface area contributed by atoms with Crippen molar-refractivity contribution in [3.8, 4) is 0 Å². The Hall–Kier alpha value is -0.650. The minimum atomic E-state index is -1.92. The summed E-state index contributed by atoms with van der Waals surface area (Å²) in [5.41, 5.74) is 0.377. The average molecular weight is 451 g/mol. The van der Waals surface area contributed by atoms with Gasteiger partial charge in [0.15, 0.2) is 5.79 Å². The summed E-state index contributed by atoms with van der Waals surface area (Å²) >= 11 is 0. The Morgan fingerprint density at radius 3 is 2.31 bits per heavy atom. The van der Waals surface area contributed by atoms with Crippen LogP contribution in [0, 0.1) is 52.3 Å². The number of fused-ring (bicyclic) bond motifs is 5. The molecule has 4 rings (SSSR count). The SMILES string of the molecule is C[C@H](CCC[C@@H](C)[C@H]1CC[C@H]2[C@@H]3CCC4CC(O)(O)C(O)C[C@]4(C)[C@H]3CC[C@]12C)C(=O)O. The van der Waals surface area contributed by atoms with Crippen LogP contribution in [0.4, 0.5) is 0 Å². The van der Waals surface area contributed by atoms with E-state index in [1.54, 1.807) is 0 Å². The van der Waals surface area contributed by atoms with E-state index >= 15 is 0 Å². The maximum Gasteiger partial charge on any atom is 0.306 e. The summed E-state index contributed by atoms with van der Waals surface area (Å²) in [5, 5.41) is 40.2. The molecular weight excluding hydrogens is 404 g/mol. The fourth-order valence-electron chi connectivity index (χ4n) is 9.31. The zero-order chi connectivity index (χ0) is 23.5. The molecule has 5 nitrogen and oxygen atoms in total. The van der Waals surface area contributed by atoms with Crippen molar-refractivity contribution in [3.05, 3.63) is 0 Å². The van der Waals surface area contributed by atoms with Crippen LogP contribution in [0.3, 0.4) is 0 Å². The second-order valence-corrected chi connectivity index (χ2v) is 12.8. The number of aliphatic carboxylic acids is 1. The molecule has 10 atom stereocenters. The highest BCUT2D eigenvalue weighted by atomic mass is 16.5. The van der Waals surface area contributed by atoms with Gasteiger partial charge in [-0.3, -0.25) is 4.79 Å². The molecule has 0 aromatic carbocycles. The highest BCUT2D eigenvalue weighted by Gasteiger charge is 2.63. The normalized spacial score (nSPS) is 47.1. The van der Waals surface area contributed by atoms with Gasteiger partial charge in [-0.1, -0.05) is 40.5 Å². The third-order valence-corrected chi connectivity index (χ3v) is 11.3. The van der Waals surface area contributed by atoms with E-state index in [-0.39, 0.29) is 11.3 Å². The van der Waals surface area contributed by atoms with Gasteiger partial charge in [-0.05, 0) is 97.7 Å². The Morgan fingerprint density at radius 2 is 1.62 bits per heavy atom. The lowest BCUT2D eigenvalue weighted by atomic mass is 9.44. The molecule has 4 fully saturated rings. The van der Waals surface area contributed by atoms with Gasteiger partial charge in [0.05, 0.1) is 5.92 Å². The van der Waals surface area contributed by atoms with Crippen molar-refractivity contribution in [2.45, 2.75) is 110 Å². The highest BCUT2D eigenvalue weighted by Crippen LogP contribution is 2.68. The number of carboxylic acids is 1. The van der Waals surface area contributed by atoms with Gasteiger partial charge in [-0.25, -0.2) is 0 Å². The van der Waals surface area contributed by atoms with Crippen LogP contribution in [0.1, 0.15) is 98.3 Å². The standard InChI is InChI=1S/C27H46O5/c1-16(6-5-7-17(2)24(29)30)20-10-11-21-19-9-8-18-14-27(31,32)23(28)15-26(18,4)22(19)12-13-25(20,21)3/h16-23,28,31-32H,5-15H2,1-4H3,(H,29,30)/t16-,17-,18?,19+,20-,21+,22+,23?,25-,26+/m1/s1. The Labute approximate surface area is 194 Å². The minimum absolute atomic E-state index is 0.00922. The summed E-state index contributed by atoms with van der Waals surface area (Å²) in [4.78, 5) is 11.1. The van der Waals surface area contributed by atoms with Crippen LogP contribution in [0.15, 0.2) is 0 Å². The molecule has 0 radical (unpaired) electrons. The highest BCUT2D eigenvalue weighted by molar-refractivity contribution is 5.69. The number of carbonyl (C=O) groups is 1. The first-order valence-corrected chi connectivity index (χ1v) is 13.3. The molecule has 0 heterocycles. The van der Waals surface area contributed by atoms with Crippen molar-refractivity contribution in [2.75, 3.05) is 0 Å². The lowest BCUT2D eigenvalue weighted by Crippen LogP contribution is -2.60. The summed E-state index contributed by atoms with van der Waals surface area (Å²) in [6, 6.07) is 0. The van der Waals surface area contributed by atoms with Gasteiger partial charge in [0, 0.05) is 6.42 Å². The van der Waals surface area contributed by atoms with Crippen molar-refractivity contribution in [1.29, 1.82) is 0 Å². The van der Waals surface area contributed by atoms with Crippen LogP contribution in [-0.4, -0.2) is 38.3 Å². The van der Waals surface area contributed by atoms with Crippen LogP contribution in [-0.2, 0) is 4.79 Å². The molecule has 0 aromatic rings. The summed E-state index contributed by atoms with van der Waals surface area (Å²) in [5.74, 6) is 0.797. The average Bonchev–Trinajstić information content (AvgIpc) is 3.06. The number of hydrogen-bond donors (Lipinski definition) is 4. The predicted molar refractivity (Wildman–Crippen MR) is 124 cm³/mol.